The van der Waals surface area contributed by atoms with Crippen molar-refractivity contribution in [3.63, 3.8) is 0 Å². The number of morpholine rings is 1. The van der Waals surface area contributed by atoms with Crippen molar-refractivity contribution in [3.8, 4) is 0 Å². The van der Waals surface area contributed by atoms with E-state index in [1.165, 1.54) is 58.0 Å². The molecule has 4 aliphatic carbocycles. The van der Waals surface area contributed by atoms with E-state index in [4.69, 9.17) is 4.74 Å². The summed E-state index contributed by atoms with van der Waals surface area (Å²) in [5, 5.41) is 22.7. The van der Waals surface area contributed by atoms with Crippen LogP contribution >= 0.6 is 0 Å². The molecule has 6 rings (SSSR count). The van der Waals surface area contributed by atoms with Crippen molar-refractivity contribution in [2.24, 2.45) is 34.5 Å². The Balaban J connectivity index is 1.25. The summed E-state index contributed by atoms with van der Waals surface area (Å²) in [5.41, 5.74) is 0.443. The summed E-state index contributed by atoms with van der Waals surface area (Å²) in [4.78, 5) is 5.16. The highest BCUT2D eigenvalue weighted by molar-refractivity contribution is 5.14. The lowest BCUT2D eigenvalue weighted by atomic mass is 9.44. The molecular weight excluding hydrogens is 400 g/mol. The molecular formula is C27H46N2O3. The van der Waals surface area contributed by atoms with E-state index < -0.39 is 0 Å². The molecule has 2 aliphatic heterocycles. The first-order valence-electron chi connectivity index (χ1n) is 13.8. The van der Waals surface area contributed by atoms with Crippen LogP contribution in [0.3, 0.4) is 0 Å². The van der Waals surface area contributed by atoms with Crippen LogP contribution in [0, 0.1) is 34.5 Å². The minimum atomic E-state index is -0.176. The van der Waals surface area contributed by atoms with E-state index >= 15 is 0 Å². The summed E-state index contributed by atoms with van der Waals surface area (Å²) in [6.07, 6.45) is 10.7. The van der Waals surface area contributed by atoms with E-state index in [1.807, 2.05) is 0 Å². The highest BCUT2D eigenvalue weighted by Gasteiger charge is 2.63. The first kappa shape index (κ1) is 22.3. The van der Waals surface area contributed by atoms with Crippen LogP contribution in [-0.2, 0) is 4.74 Å². The number of likely N-dealkylation sites (tertiary alicyclic amines) is 1. The van der Waals surface area contributed by atoms with Gasteiger partial charge in [0.1, 0.15) is 0 Å². The van der Waals surface area contributed by atoms with Crippen molar-refractivity contribution in [2.75, 3.05) is 39.4 Å². The molecule has 6 fully saturated rings. The molecule has 0 aromatic rings. The van der Waals surface area contributed by atoms with Gasteiger partial charge in [0, 0.05) is 25.2 Å². The van der Waals surface area contributed by atoms with E-state index in [2.05, 4.69) is 23.6 Å². The van der Waals surface area contributed by atoms with E-state index in [9.17, 15) is 10.2 Å². The zero-order valence-corrected chi connectivity index (χ0v) is 20.4. The van der Waals surface area contributed by atoms with Gasteiger partial charge in [0.15, 0.2) is 0 Å². The normalized spacial score (nSPS) is 54.8. The van der Waals surface area contributed by atoms with Crippen LogP contribution < -0.4 is 0 Å². The fourth-order valence-electron chi connectivity index (χ4n) is 9.97. The van der Waals surface area contributed by atoms with Gasteiger partial charge in [-0.25, -0.2) is 0 Å². The number of nitrogens with zero attached hydrogens (tertiary/aromatic N) is 2. The molecule has 0 aromatic heterocycles. The summed E-state index contributed by atoms with van der Waals surface area (Å²) < 4.78 is 5.61. The van der Waals surface area contributed by atoms with Gasteiger partial charge in [0.25, 0.3) is 0 Å². The maximum Gasteiger partial charge on any atom is 0.0751 e. The van der Waals surface area contributed by atoms with E-state index in [0.717, 1.165) is 51.0 Å². The third-order valence-corrected chi connectivity index (χ3v) is 11.8. The molecule has 32 heavy (non-hydrogen) atoms. The highest BCUT2D eigenvalue weighted by Crippen LogP contribution is 2.66. The molecule has 2 saturated heterocycles. The van der Waals surface area contributed by atoms with Crippen LogP contribution in [0.1, 0.15) is 71.6 Å². The van der Waals surface area contributed by atoms with Gasteiger partial charge in [-0.15, -0.1) is 0 Å². The number of aliphatic hydroxyl groups excluding tert-OH is 2. The van der Waals surface area contributed by atoms with Crippen molar-refractivity contribution in [2.45, 2.75) is 95.9 Å². The molecule has 4 saturated carbocycles. The van der Waals surface area contributed by atoms with Crippen molar-refractivity contribution >= 4 is 0 Å². The Kier molecular flexibility index (Phi) is 5.70. The minimum absolute atomic E-state index is 0.107. The molecule has 2 heterocycles. The average Bonchev–Trinajstić information content (AvgIpc) is 3.41. The minimum Gasteiger partial charge on any atom is -0.391 e. The summed E-state index contributed by atoms with van der Waals surface area (Å²) in [7, 11) is 0. The number of hydrogen-bond donors (Lipinski definition) is 2. The second-order valence-electron chi connectivity index (χ2n) is 12.9. The Morgan fingerprint density at radius 1 is 0.781 bits per heavy atom. The molecule has 0 spiro atoms. The van der Waals surface area contributed by atoms with Gasteiger partial charge in [-0.3, -0.25) is 9.80 Å². The summed E-state index contributed by atoms with van der Waals surface area (Å²) >= 11 is 0. The maximum atomic E-state index is 11.5. The SMILES string of the molecule is C[C@@]12CC[C@@H]3[C@H](CC[C@@H]4C[C@@H](O)[C@H](N5CCOCC5)C[C@]43C)[C@H]1C[C@@H](N1CCCC1)[C@H]2O. The molecule has 6 aliphatic rings. The second kappa shape index (κ2) is 8.19. The molecule has 10 atom stereocenters. The molecule has 5 heteroatoms. The smallest absolute Gasteiger partial charge is 0.0751 e. The summed E-state index contributed by atoms with van der Waals surface area (Å²) in [6.45, 7) is 11.0. The predicted molar refractivity (Wildman–Crippen MR) is 125 cm³/mol. The van der Waals surface area contributed by atoms with Crippen LogP contribution in [0.25, 0.3) is 0 Å². The van der Waals surface area contributed by atoms with Crippen molar-refractivity contribution in [3.05, 3.63) is 0 Å². The van der Waals surface area contributed by atoms with E-state index in [-0.39, 0.29) is 17.6 Å². The topological polar surface area (TPSA) is 56.2 Å². The van der Waals surface area contributed by atoms with Crippen LogP contribution in [0.5, 0.6) is 0 Å². The summed E-state index contributed by atoms with van der Waals surface area (Å²) in [5.74, 6) is 2.87. The van der Waals surface area contributed by atoms with Crippen molar-refractivity contribution in [1.82, 2.24) is 9.80 Å². The quantitative estimate of drug-likeness (QED) is 0.683. The van der Waals surface area contributed by atoms with Gasteiger partial charge in [-0.1, -0.05) is 13.8 Å². The third kappa shape index (κ3) is 3.28. The van der Waals surface area contributed by atoms with Crippen LogP contribution in [0.15, 0.2) is 0 Å². The second-order valence-corrected chi connectivity index (χ2v) is 12.9. The Morgan fingerprint density at radius 2 is 1.50 bits per heavy atom. The number of hydrogen-bond acceptors (Lipinski definition) is 5. The molecule has 0 aromatic carbocycles. The fourth-order valence-corrected chi connectivity index (χ4v) is 9.97. The lowest BCUT2D eigenvalue weighted by molar-refractivity contribution is -0.158. The molecule has 0 amide bonds. The van der Waals surface area contributed by atoms with Gasteiger partial charge in [0.2, 0.25) is 0 Å². The Morgan fingerprint density at radius 3 is 2.25 bits per heavy atom. The molecule has 0 radical (unpaired) electrons. The van der Waals surface area contributed by atoms with Crippen LogP contribution in [0.4, 0.5) is 0 Å². The Bertz CT molecular complexity index is 692. The lowest BCUT2D eigenvalue weighted by Gasteiger charge is -2.62. The first-order valence-corrected chi connectivity index (χ1v) is 13.8. The van der Waals surface area contributed by atoms with Crippen molar-refractivity contribution < 1.29 is 14.9 Å². The molecule has 0 bridgehead atoms. The molecule has 5 nitrogen and oxygen atoms in total. The van der Waals surface area contributed by atoms with Gasteiger partial charge >= 0.3 is 0 Å². The van der Waals surface area contributed by atoms with Gasteiger partial charge in [-0.05, 0) is 105 Å². The number of fused-ring (bicyclic) bond motifs is 5. The Labute approximate surface area is 194 Å². The first-order chi connectivity index (χ1) is 15.4. The summed E-state index contributed by atoms with van der Waals surface area (Å²) in [6, 6.07) is 0.699. The number of aliphatic hydroxyl groups is 2. The predicted octanol–water partition coefficient (Wildman–Crippen LogP) is 3.14. The number of rotatable bonds is 2. The van der Waals surface area contributed by atoms with E-state index in [0.29, 0.717) is 29.3 Å². The van der Waals surface area contributed by atoms with Crippen LogP contribution in [0.2, 0.25) is 0 Å². The zero-order chi connectivity index (χ0) is 22.1. The maximum absolute atomic E-state index is 11.5. The highest BCUT2D eigenvalue weighted by atomic mass is 16.5. The molecule has 182 valence electrons. The van der Waals surface area contributed by atoms with Gasteiger partial charge < -0.3 is 14.9 Å². The average molecular weight is 447 g/mol. The fraction of sp³-hybridized carbons (Fsp3) is 1.00. The van der Waals surface area contributed by atoms with Gasteiger partial charge in [-0.2, -0.15) is 0 Å². The standard InChI is InChI=1S/C27H46N2O3/c1-26-8-7-20-19(21(26)16-22(25(26)31)28-9-3-4-10-28)6-5-18-15-24(30)23(17-27(18,20)2)29-11-13-32-14-12-29/h18-25,30-31H,3-17H2,1-2H3/t18-,19+,20-,21-,22-,23-,24-,25-,26-,27-/m1/s1. The molecule has 2 N–H and O–H groups in total. The monoisotopic (exact) mass is 446 g/mol. The van der Waals surface area contributed by atoms with Gasteiger partial charge in [0.05, 0.1) is 25.4 Å². The van der Waals surface area contributed by atoms with Crippen LogP contribution in [-0.4, -0.2) is 83.7 Å². The lowest BCUT2D eigenvalue weighted by Crippen LogP contribution is -2.61. The molecule has 0 unspecified atom stereocenters. The number of ether oxygens (including phenoxy) is 1. The zero-order valence-electron chi connectivity index (χ0n) is 20.4. The van der Waals surface area contributed by atoms with Crippen molar-refractivity contribution in [1.29, 1.82) is 0 Å². The van der Waals surface area contributed by atoms with E-state index in [1.54, 1.807) is 0 Å². The Hall–Kier alpha value is -0.200. The third-order valence-electron chi connectivity index (χ3n) is 11.8. The largest absolute Gasteiger partial charge is 0.391 e.